The molecule has 90 valence electrons. The molecule has 0 saturated carbocycles. The number of ether oxygens (including phenoxy) is 1. The summed E-state index contributed by atoms with van der Waals surface area (Å²) in [7, 11) is 1.66. The molecule has 1 heterocycles. The van der Waals surface area contributed by atoms with E-state index in [9.17, 15) is 0 Å². The number of hydrogen-bond donors (Lipinski definition) is 2. The lowest BCUT2D eigenvalue weighted by Gasteiger charge is -2.09. The molecule has 2 rings (SSSR count). The fourth-order valence-electron chi connectivity index (χ4n) is 1.49. The van der Waals surface area contributed by atoms with E-state index in [0.29, 0.717) is 6.54 Å². The first kappa shape index (κ1) is 11.9. The summed E-state index contributed by atoms with van der Waals surface area (Å²) in [5.74, 6) is 0.806. The van der Waals surface area contributed by atoms with Gasteiger partial charge in [0.1, 0.15) is 5.75 Å². The van der Waals surface area contributed by atoms with Gasteiger partial charge in [0.05, 0.1) is 12.8 Å². The SMILES string of the molecule is COc1ccc(C)cc1Nc1ncc(CN)s1. The van der Waals surface area contributed by atoms with E-state index in [-0.39, 0.29) is 0 Å². The number of aryl methyl sites for hydroxylation is 1. The summed E-state index contributed by atoms with van der Waals surface area (Å²) < 4.78 is 5.30. The number of thiazole rings is 1. The first-order valence-electron chi connectivity index (χ1n) is 5.29. The molecule has 0 aliphatic heterocycles. The van der Waals surface area contributed by atoms with Gasteiger partial charge in [0.15, 0.2) is 5.13 Å². The Morgan fingerprint density at radius 3 is 2.94 bits per heavy atom. The third kappa shape index (κ3) is 2.75. The maximum Gasteiger partial charge on any atom is 0.187 e. The molecule has 0 amide bonds. The van der Waals surface area contributed by atoms with Gasteiger partial charge in [-0.1, -0.05) is 6.07 Å². The van der Waals surface area contributed by atoms with Crippen molar-refractivity contribution in [2.75, 3.05) is 12.4 Å². The summed E-state index contributed by atoms with van der Waals surface area (Å²) in [6, 6.07) is 5.98. The maximum atomic E-state index is 5.55. The van der Waals surface area contributed by atoms with E-state index >= 15 is 0 Å². The Kier molecular flexibility index (Phi) is 3.61. The third-order valence-corrected chi connectivity index (χ3v) is 3.29. The van der Waals surface area contributed by atoms with Crippen LogP contribution in [0.2, 0.25) is 0 Å². The van der Waals surface area contributed by atoms with Crippen molar-refractivity contribution in [3.63, 3.8) is 0 Å². The molecular weight excluding hydrogens is 234 g/mol. The lowest BCUT2D eigenvalue weighted by Crippen LogP contribution is -1.94. The zero-order chi connectivity index (χ0) is 12.3. The number of nitrogens with two attached hydrogens (primary N) is 1. The van der Waals surface area contributed by atoms with Gasteiger partial charge in [0.2, 0.25) is 0 Å². The predicted octanol–water partition coefficient (Wildman–Crippen LogP) is 2.66. The van der Waals surface area contributed by atoms with Gasteiger partial charge in [0.25, 0.3) is 0 Å². The highest BCUT2D eigenvalue weighted by Gasteiger charge is 2.06. The van der Waals surface area contributed by atoms with Gasteiger partial charge in [-0.2, -0.15) is 0 Å². The third-order valence-electron chi connectivity index (χ3n) is 2.35. The van der Waals surface area contributed by atoms with Crippen LogP contribution in [-0.4, -0.2) is 12.1 Å². The average Bonchev–Trinajstić information content (AvgIpc) is 2.77. The molecule has 0 aliphatic carbocycles. The molecule has 0 bridgehead atoms. The Morgan fingerprint density at radius 2 is 2.29 bits per heavy atom. The monoisotopic (exact) mass is 249 g/mol. The number of anilines is 2. The summed E-state index contributed by atoms with van der Waals surface area (Å²) in [5.41, 5.74) is 7.65. The van der Waals surface area contributed by atoms with Crippen LogP contribution in [-0.2, 0) is 6.54 Å². The zero-order valence-corrected chi connectivity index (χ0v) is 10.7. The molecule has 5 heteroatoms. The maximum absolute atomic E-state index is 5.55. The van der Waals surface area contributed by atoms with E-state index in [4.69, 9.17) is 10.5 Å². The van der Waals surface area contributed by atoms with Crippen LogP contribution < -0.4 is 15.8 Å². The minimum Gasteiger partial charge on any atom is -0.495 e. The lowest BCUT2D eigenvalue weighted by atomic mass is 10.2. The number of methoxy groups -OCH3 is 1. The van der Waals surface area contributed by atoms with Gasteiger partial charge in [-0.15, -0.1) is 11.3 Å². The minimum absolute atomic E-state index is 0.518. The highest BCUT2D eigenvalue weighted by atomic mass is 32.1. The minimum atomic E-state index is 0.518. The highest BCUT2D eigenvalue weighted by molar-refractivity contribution is 7.15. The van der Waals surface area contributed by atoms with E-state index < -0.39 is 0 Å². The molecule has 0 atom stereocenters. The zero-order valence-electron chi connectivity index (χ0n) is 9.86. The second-order valence-corrected chi connectivity index (χ2v) is 4.78. The van der Waals surface area contributed by atoms with Crippen LogP contribution in [0.1, 0.15) is 10.4 Å². The predicted molar refractivity (Wildman–Crippen MR) is 71.0 cm³/mol. The topological polar surface area (TPSA) is 60.2 Å². The molecular formula is C12H15N3OS. The Bertz CT molecular complexity index is 510. The van der Waals surface area contributed by atoms with Crippen LogP contribution in [0.25, 0.3) is 0 Å². The summed E-state index contributed by atoms with van der Waals surface area (Å²) in [4.78, 5) is 5.31. The number of nitrogens with one attached hydrogen (secondary N) is 1. The van der Waals surface area contributed by atoms with Gasteiger partial charge in [0, 0.05) is 17.6 Å². The molecule has 0 saturated heterocycles. The largest absolute Gasteiger partial charge is 0.495 e. The van der Waals surface area contributed by atoms with E-state index in [2.05, 4.69) is 10.3 Å². The molecule has 17 heavy (non-hydrogen) atoms. The molecule has 0 radical (unpaired) electrons. The highest BCUT2D eigenvalue weighted by Crippen LogP contribution is 2.30. The molecule has 0 aliphatic rings. The van der Waals surface area contributed by atoms with Crippen molar-refractivity contribution < 1.29 is 4.74 Å². The van der Waals surface area contributed by atoms with Crippen molar-refractivity contribution in [1.29, 1.82) is 0 Å². The molecule has 0 spiro atoms. The molecule has 4 nitrogen and oxygen atoms in total. The number of rotatable bonds is 4. The van der Waals surface area contributed by atoms with E-state index in [0.717, 1.165) is 21.4 Å². The van der Waals surface area contributed by atoms with Gasteiger partial charge in [-0.25, -0.2) is 4.98 Å². The van der Waals surface area contributed by atoms with Gasteiger partial charge < -0.3 is 15.8 Å². The summed E-state index contributed by atoms with van der Waals surface area (Å²) in [6.45, 7) is 2.56. The Hall–Kier alpha value is -1.59. The van der Waals surface area contributed by atoms with E-state index in [1.807, 2.05) is 25.1 Å². The second-order valence-electron chi connectivity index (χ2n) is 3.66. The fraction of sp³-hybridized carbons (Fsp3) is 0.250. The smallest absolute Gasteiger partial charge is 0.187 e. The first-order valence-corrected chi connectivity index (χ1v) is 6.11. The standard InChI is InChI=1S/C12H15N3OS/c1-8-3-4-11(16-2)10(5-8)15-12-14-7-9(6-13)17-12/h3-5,7H,6,13H2,1-2H3,(H,14,15). The Morgan fingerprint density at radius 1 is 1.47 bits per heavy atom. The second kappa shape index (κ2) is 5.16. The number of hydrogen-bond acceptors (Lipinski definition) is 5. The fourth-order valence-corrected chi connectivity index (χ4v) is 2.20. The van der Waals surface area contributed by atoms with Crippen molar-refractivity contribution in [2.24, 2.45) is 5.73 Å². The molecule has 1 aromatic carbocycles. The number of nitrogens with zero attached hydrogens (tertiary/aromatic N) is 1. The van der Waals surface area contributed by atoms with Crippen molar-refractivity contribution in [3.8, 4) is 5.75 Å². The quantitative estimate of drug-likeness (QED) is 0.874. The molecule has 3 N–H and O–H groups in total. The van der Waals surface area contributed by atoms with Crippen LogP contribution in [0, 0.1) is 6.92 Å². The van der Waals surface area contributed by atoms with Crippen molar-refractivity contribution in [1.82, 2.24) is 4.98 Å². The van der Waals surface area contributed by atoms with Gasteiger partial charge >= 0.3 is 0 Å². The Balaban J connectivity index is 2.25. The molecule has 0 fully saturated rings. The first-order chi connectivity index (χ1) is 8.22. The van der Waals surface area contributed by atoms with Crippen LogP contribution in [0.15, 0.2) is 24.4 Å². The average molecular weight is 249 g/mol. The van der Waals surface area contributed by atoms with Gasteiger partial charge in [-0.3, -0.25) is 0 Å². The number of benzene rings is 1. The summed E-state index contributed by atoms with van der Waals surface area (Å²) in [5, 5.41) is 4.07. The van der Waals surface area contributed by atoms with Gasteiger partial charge in [-0.05, 0) is 24.6 Å². The number of aromatic nitrogens is 1. The van der Waals surface area contributed by atoms with Crippen LogP contribution in [0.4, 0.5) is 10.8 Å². The van der Waals surface area contributed by atoms with Crippen LogP contribution in [0.5, 0.6) is 5.75 Å². The Labute approximate surface area is 104 Å². The van der Waals surface area contributed by atoms with E-state index in [1.165, 1.54) is 5.56 Å². The summed E-state index contributed by atoms with van der Waals surface area (Å²) in [6.07, 6.45) is 1.79. The van der Waals surface area contributed by atoms with Crippen molar-refractivity contribution >= 4 is 22.2 Å². The van der Waals surface area contributed by atoms with Crippen molar-refractivity contribution in [2.45, 2.75) is 13.5 Å². The lowest BCUT2D eigenvalue weighted by molar-refractivity contribution is 0.416. The summed E-state index contributed by atoms with van der Waals surface area (Å²) >= 11 is 1.55. The van der Waals surface area contributed by atoms with Crippen LogP contribution >= 0.6 is 11.3 Å². The van der Waals surface area contributed by atoms with E-state index in [1.54, 1.807) is 24.6 Å². The molecule has 2 aromatic rings. The molecule has 1 aromatic heterocycles. The van der Waals surface area contributed by atoms with Crippen LogP contribution in [0.3, 0.4) is 0 Å². The van der Waals surface area contributed by atoms with Crippen molar-refractivity contribution in [3.05, 3.63) is 34.8 Å². The normalized spacial score (nSPS) is 10.3. The molecule has 0 unspecified atom stereocenters.